The number of thiazole rings is 1. The lowest BCUT2D eigenvalue weighted by Crippen LogP contribution is -2.49. The first-order chi connectivity index (χ1) is 13.9. The molecule has 0 aliphatic carbocycles. The maximum atomic E-state index is 11.7. The van der Waals surface area contributed by atoms with Gasteiger partial charge in [-0.2, -0.15) is 4.52 Å². The fourth-order valence-electron chi connectivity index (χ4n) is 3.64. The lowest BCUT2D eigenvalue weighted by Gasteiger charge is -2.39. The number of nitrogens with zero attached hydrogens (tertiary/aromatic N) is 5. The minimum Gasteiger partial charge on any atom is -0.492 e. The molecule has 7 nitrogen and oxygen atoms in total. The van der Waals surface area contributed by atoms with Crippen LogP contribution in [0.25, 0.3) is 4.96 Å². The summed E-state index contributed by atoms with van der Waals surface area (Å²) in [5, 5.41) is 16.4. The Bertz CT molecular complexity index is 1060. The van der Waals surface area contributed by atoms with Crippen LogP contribution in [0.5, 0.6) is 5.88 Å². The number of fused-ring (bicyclic) bond motifs is 1. The second kappa shape index (κ2) is 8.10. The minimum absolute atomic E-state index is 0.0689. The average molecular weight is 454 g/mol. The number of halogens is 2. The third-order valence-corrected chi connectivity index (χ3v) is 6.82. The van der Waals surface area contributed by atoms with Crippen molar-refractivity contribution in [2.75, 3.05) is 26.2 Å². The van der Waals surface area contributed by atoms with Gasteiger partial charge in [0.1, 0.15) is 0 Å². The summed E-state index contributed by atoms with van der Waals surface area (Å²) < 4.78 is 1.49. The van der Waals surface area contributed by atoms with Crippen LogP contribution in [0.4, 0.5) is 0 Å². The number of rotatable bonds is 4. The predicted octanol–water partition coefficient (Wildman–Crippen LogP) is 3.62. The summed E-state index contributed by atoms with van der Waals surface area (Å²) in [4.78, 5) is 21.6. The normalized spacial score (nSPS) is 16.5. The van der Waals surface area contributed by atoms with E-state index in [-0.39, 0.29) is 17.8 Å². The van der Waals surface area contributed by atoms with Crippen LogP contribution < -0.4 is 0 Å². The number of hydrogen-bond acceptors (Lipinski definition) is 6. The molecule has 1 aliphatic rings. The highest BCUT2D eigenvalue weighted by atomic mass is 35.5. The van der Waals surface area contributed by atoms with Crippen LogP contribution in [0, 0.1) is 0 Å². The van der Waals surface area contributed by atoms with Crippen molar-refractivity contribution in [3.8, 4) is 5.88 Å². The van der Waals surface area contributed by atoms with Crippen molar-refractivity contribution in [1.82, 2.24) is 24.4 Å². The first kappa shape index (κ1) is 20.4. The van der Waals surface area contributed by atoms with Crippen molar-refractivity contribution in [3.05, 3.63) is 44.5 Å². The molecule has 1 N–H and O–H groups in total. The van der Waals surface area contributed by atoms with Gasteiger partial charge in [0.05, 0.1) is 10.9 Å². The number of aryl methyl sites for hydroxylation is 1. The molecule has 0 bridgehead atoms. The molecule has 1 aromatic carbocycles. The Morgan fingerprint density at radius 3 is 2.59 bits per heavy atom. The van der Waals surface area contributed by atoms with Crippen LogP contribution in [0.3, 0.4) is 0 Å². The van der Waals surface area contributed by atoms with Gasteiger partial charge in [0, 0.05) is 49.6 Å². The van der Waals surface area contributed by atoms with Gasteiger partial charge < -0.3 is 10.0 Å². The Labute approximate surface area is 182 Å². The summed E-state index contributed by atoms with van der Waals surface area (Å²) in [5.74, 6) is 0.830. The van der Waals surface area contributed by atoms with Crippen LogP contribution in [-0.2, 0) is 11.2 Å². The van der Waals surface area contributed by atoms with E-state index in [4.69, 9.17) is 23.2 Å². The number of aromatic nitrogens is 3. The smallest absolute Gasteiger partial charge is 0.230 e. The topological polar surface area (TPSA) is 74.0 Å². The molecule has 1 amide bonds. The second-order valence-electron chi connectivity index (χ2n) is 6.98. The highest BCUT2D eigenvalue weighted by Crippen LogP contribution is 2.42. The number of benzene rings is 1. The largest absolute Gasteiger partial charge is 0.492 e. The van der Waals surface area contributed by atoms with Crippen molar-refractivity contribution in [2.24, 2.45) is 0 Å². The minimum atomic E-state index is -0.285. The molecule has 10 heteroatoms. The van der Waals surface area contributed by atoms with Crippen LogP contribution in [0.1, 0.15) is 36.2 Å². The quantitative estimate of drug-likeness (QED) is 0.652. The summed E-state index contributed by atoms with van der Waals surface area (Å²) in [6, 6.07) is 5.11. The van der Waals surface area contributed by atoms with E-state index in [9.17, 15) is 9.90 Å². The molecule has 1 saturated heterocycles. The Morgan fingerprint density at radius 1 is 1.28 bits per heavy atom. The molecule has 1 aliphatic heterocycles. The number of hydrogen-bond donors (Lipinski definition) is 1. The molecule has 0 unspecified atom stereocenters. The van der Waals surface area contributed by atoms with Crippen LogP contribution in [0.15, 0.2) is 18.2 Å². The summed E-state index contributed by atoms with van der Waals surface area (Å²) in [5.41, 5.74) is 0.850. The monoisotopic (exact) mass is 453 g/mol. The molecule has 0 spiro atoms. The summed E-state index contributed by atoms with van der Waals surface area (Å²) in [7, 11) is 0. The van der Waals surface area contributed by atoms with Crippen molar-refractivity contribution in [3.63, 3.8) is 0 Å². The Morgan fingerprint density at radius 2 is 2.00 bits per heavy atom. The van der Waals surface area contributed by atoms with E-state index in [2.05, 4.69) is 15.0 Å². The van der Waals surface area contributed by atoms with Gasteiger partial charge >= 0.3 is 0 Å². The zero-order chi connectivity index (χ0) is 20.7. The lowest BCUT2D eigenvalue weighted by molar-refractivity contribution is -0.130. The average Bonchev–Trinajstić information content (AvgIpc) is 3.23. The zero-order valence-electron chi connectivity index (χ0n) is 16.1. The van der Waals surface area contributed by atoms with E-state index < -0.39 is 0 Å². The summed E-state index contributed by atoms with van der Waals surface area (Å²) in [6.07, 6.45) is 0.697. The highest BCUT2D eigenvalue weighted by molar-refractivity contribution is 7.17. The third-order valence-electron chi connectivity index (χ3n) is 5.19. The van der Waals surface area contributed by atoms with Crippen molar-refractivity contribution in [1.29, 1.82) is 0 Å². The van der Waals surface area contributed by atoms with E-state index in [0.29, 0.717) is 53.4 Å². The molecule has 3 heterocycles. The maximum Gasteiger partial charge on any atom is 0.230 e. The van der Waals surface area contributed by atoms with Crippen LogP contribution in [0.2, 0.25) is 10.0 Å². The first-order valence-corrected chi connectivity index (χ1v) is 11.0. The van der Waals surface area contributed by atoms with Gasteiger partial charge in [-0.15, -0.1) is 5.10 Å². The van der Waals surface area contributed by atoms with Gasteiger partial charge in [-0.1, -0.05) is 47.5 Å². The molecule has 2 aromatic heterocycles. The summed E-state index contributed by atoms with van der Waals surface area (Å²) >= 11 is 14.1. The highest BCUT2D eigenvalue weighted by Gasteiger charge is 2.33. The van der Waals surface area contributed by atoms with Gasteiger partial charge in [-0.25, -0.2) is 4.98 Å². The fraction of sp³-hybridized carbons (Fsp3) is 0.421. The van der Waals surface area contributed by atoms with E-state index in [1.165, 1.54) is 15.9 Å². The number of carbonyl (C=O) groups excluding carboxylic acids is 1. The molecular formula is C19H21Cl2N5O2S. The number of piperazine rings is 1. The van der Waals surface area contributed by atoms with Gasteiger partial charge in [0.25, 0.3) is 0 Å². The molecule has 3 aromatic rings. The SMILES string of the molecule is CCc1nc2sc([C@H](c3ccc(Cl)cc3Cl)N3CCN(C(C)=O)CC3)c(O)n2n1. The van der Waals surface area contributed by atoms with Crippen molar-refractivity contribution in [2.45, 2.75) is 26.3 Å². The fourth-order valence-corrected chi connectivity index (χ4v) is 5.28. The van der Waals surface area contributed by atoms with Crippen LogP contribution in [-0.4, -0.2) is 61.6 Å². The van der Waals surface area contributed by atoms with E-state index in [0.717, 1.165) is 10.4 Å². The van der Waals surface area contributed by atoms with Crippen molar-refractivity contribution < 1.29 is 9.90 Å². The predicted molar refractivity (Wildman–Crippen MR) is 114 cm³/mol. The van der Waals surface area contributed by atoms with Gasteiger partial charge in [-0.3, -0.25) is 9.69 Å². The third kappa shape index (κ3) is 3.82. The molecule has 0 saturated carbocycles. The molecule has 1 atom stereocenters. The van der Waals surface area contributed by atoms with Gasteiger partial charge in [0.15, 0.2) is 5.82 Å². The zero-order valence-corrected chi connectivity index (χ0v) is 18.4. The summed E-state index contributed by atoms with van der Waals surface area (Å²) in [6.45, 7) is 6.13. The molecule has 4 rings (SSSR count). The van der Waals surface area contributed by atoms with Gasteiger partial charge in [-0.05, 0) is 17.7 Å². The van der Waals surface area contributed by atoms with Crippen molar-refractivity contribution >= 4 is 45.4 Å². The van der Waals surface area contributed by atoms with Gasteiger partial charge in [0.2, 0.25) is 16.7 Å². The lowest BCUT2D eigenvalue weighted by atomic mass is 10.0. The Balaban J connectivity index is 1.77. The number of aromatic hydroxyl groups is 1. The Hall–Kier alpha value is -1.87. The second-order valence-corrected chi connectivity index (χ2v) is 8.83. The molecule has 29 heavy (non-hydrogen) atoms. The number of carbonyl (C=O) groups is 1. The van der Waals surface area contributed by atoms with E-state index >= 15 is 0 Å². The maximum absolute atomic E-state index is 11.7. The van der Waals surface area contributed by atoms with E-state index in [1.807, 2.05) is 17.9 Å². The molecule has 1 fully saturated rings. The molecular weight excluding hydrogens is 433 g/mol. The Kier molecular flexibility index (Phi) is 5.70. The van der Waals surface area contributed by atoms with E-state index in [1.54, 1.807) is 19.1 Å². The first-order valence-electron chi connectivity index (χ1n) is 9.40. The molecule has 0 radical (unpaired) electrons. The van der Waals surface area contributed by atoms with Crippen LogP contribution >= 0.6 is 34.5 Å². The standard InChI is InChI=1S/C19H21Cl2N5O2S/c1-3-15-22-19-26(23-15)18(28)17(29-19)16(13-5-4-12(20)10-14(13)21)25-8-6-24(7-9-25)11(2)27/h4-5,10,16,28H,3,6-9H2,1-2H3/t16-/m0/s1. The molecule has 154 valence electrons. The number of amides is 1.